The maximum Gasteiger partial charge on any atom is 0.243 e. The van der Waals surface area contributed by atoms with Gasteiger partial charge in [-0.05, 0) is 49.8 Å². The Balaban J connectivity index is 1.55. The number of amides is 1. The number of benzene rings is 1. The molecule has 19 heavy (non-hydrogen) atoms. The van der Waals surface area contributed by atoms with Crippen LogP contribution in [0.25, 0.3) is 0 Å². The molecule has 3 nitrogen and oxygen atoms in total. The molecule has 100 valence electrons. The third-order valence-corrected chi connectivity index (χ3v) is 5.16. The van der Waals surface area contributed by atoms with Crippen molar-refractivity contribution in [2.24, 2.45) is 0 Å². The number of hydrogen-bond donors (Lipinski definition) is 1. The first-order valence-corrected chi connectivity index (χ1v) is 7.41. The van der Waals surface area contributed by atoms with Crippen LogP contribution in [0.3, 0.4) is 0 Å². The van der Waals surface area contributed by atoms with Crippen LogP contribution in [0.4, 0.5) is 0 Å². The van der Waals surface area contributed by atoms with E-state index in [4.69, 9.17) is 0 Å². The Labute approximate surface area is 114 Å². The van der Waals surface area contributed by atoms with Crippen molar-refractivity contribution < 1.29 is 4.79 Å². The summed E-state index contributed by atoms with van der Waals surface area (Å²) in [6.07, 6.45) is 5.25. The second-order valence-corrected chi connectivity index (χ2v) is 6.19. The first kappa shape index (κ1) is 11.5. The number of rotatable bonds is 1. The average Bonchev–Trinajstić information content (AvgIpc) is 3.12. The van der Waals surface area contributed by atoms with Gasteiger partial charge in [0.1, 0.15) is 0 Å². The first-order chi connectivity index (χ1) is 9.28. The van der Waals surface area contributed by atoms with E-state index in [1.54, 1.807) is 0 Å². The SMILES string of the molecule is O=C1N(C2Cc3ccccc3C2)CC[C@]12CCCN2. The minimum Gasteiger partial charge on any atom is -0.337 e. The predicted octanol–water partition coefficient (Wildman–Crippen LogP) is 1.51. The monoisotopic (exact) mass is 256 g/mol. The summed E-state index contributed by atoms with van der Waals surface area (Å²) in [4.78, 5) is 14.9. The summed E-state index contributed by atoms with van der Waals surface area (Å²) in [7, 11) is 0. The summed E-state index contributed by atoms with van der Waals surface area (Å²) in [6.45, 7) is 1.94. The highest BCUT2D eigenvalue weighted by molar-refractivity contribution is 5.89. The van der Waals surface area contributed by atoms with Crippen LogP contribution in [0.15, 0.2) is 24.3 Å². The Morgan fingerprint density at radius 2 is 1.89 bits per heavy atom. The van der Waals surface area contributed by atoms with Gasteiger partial charge in [-0.1, -0.05) is 24.3 Å². The van der Waals surface area contributed by atoms with E-state index >= 15 is 0 Å². The molecule has 1 amide bonds. The Hall–Kier alpha value is -1.35. The van der Waals surface area contributed by atoms with Crippen molar-refractivity contribution in [3.05, 3.63) is 35.4 Å². The molecule has 2 fully saturated rings. The Morgan fingerprint density at radius 3 is 2.53 bits per heavy atom. The van der Waals surface area contributed by atoms with Gasteiger partial charge >= 0.3 is 0 Å². The summed E-state index contributed by atoms with van der Waals surface area (Å²) in [6, 6.07) is 9.02. The van der Waals surface area contributed by atoms with E-state index in [1.165, 1.54) is 11.1 Å². The van der Waals surface area contributed by atoms with Gasteiger partial charge in [-0.25, -0.2) is 0 Å². The molecule has 4 rings (SSSR count). The molecule has 0 aromatic heterocycles. The Morgan fingerprint density at radius 1 is 1.16 bits per heavy atom. The van der Waals surface area contributed by atoms with E-state index in [2.05, 4.69) is 34.5 Å². The molecule has 1 aromatic rings. The van der Waals surface area contributed by atoms with Crippen LogP contribution in [-0.2, 0) is 17.6 Å². The molecule has 2 saturated heterocycles. The fourth-order valence-electron chi connectivity index (χ4n) is 4.10. The van der Waals surface area contributed by atoms with Gasteiger partial charge < -0.3 is 10.2 Å². The smallest absolute Gasteiger partial charge is 0.243 e. The lowest BCUT2D eigenvalue weighted by Gasteiger charge is -2.27. The van der Waals surface area contributed by atoms with Gasteiger partial charge in [0.05, 0.1) is 5.54 Å². The third kappa shape index (κ3) is 1.64. The zero-order valence-corrected chi connectivity index (χ0v) is 11.2. The van der Waals surface area contributed by atoms with Crippen LogP contribution in [-0.4, -0.2) is 35.5 Å². The van der Waals surface area contributed by atoms with Gasteiger partial charge in [-0.2, -0.15) is 0 Å². The second-order valence-electron chi connectivity index (χ2n) is 6.19. The van der Waals surface area contributed by atoms with E-state index in [1.807, 2.05) is 0 Å². The minimum atomic E-state index is -0.200. The lowest BCUT2D eigenvalue weighted by atomic mass is 9.96. The van der Waals surface area contributed by atoms with Crippen molar-refractivity contribution in [3.8, 4) is 0 Å². The van der Waals surface area contributed by atoms with E-state index in [9.17, 15) is 4.79 Å². The highest BCUT2D eigenvalue weighted by Crippen LogP contribution is 2.35. The standard InChI is InChI=1S/C16H20N2O/c19-15-16(6-3-8-17-16)7-9-18(15)14-10-12-4-1-2-5-13(12)11-14/h1-2,4-5,14,17H,3,6-11H2/t16-/m1/s1. The topological polar surface area (TPSA) is 32.3 Å². The molecule has 0 saturated carbocycles. The Kier molecular flexibility index (Phi) is 2.46. The lowest BCUT2D eigenvalue weighted by Crippen LogP contribution is -2.49. The van der Waals surface area contributed by atoms with Crippen molar-refractivity contribution in [2.75, 3.05) is 13.1 Å². The number of hydrogen-bond acceptors (Lipinski definition) is 2. The number of nitrogens with one attached hydrogen (secondary N) is 1. The summed E-state index contributed by atoms with van der Waals surface area (Å²) in [5, 5.41) is 3.47. The van der Waals surface area contributed by atoms with Gasteiger partial charge in [0.25, 0.3) is 0 Å². The Bertz CT molecular complexity index is 494. The van der Waals surface area contributed by atoms with Gasteiger partial charge in [-0.15, -0.1) is 0 Å². The molecule has 3 heteroatoms. The third-order valence-electron chi connectivity index (χ3n) is 5.16. The highest BCUT2D eigenvalue weighted by Gasteiger charge is 2.50. The molecule has 1 aromatic carbocycles. The van der Waals surface area contributed by atoms with Crippen molar-refractivity contribution in [1.82, 2.24) is 10.2 Å². The lowest BCUT2D eigenvalue weighted by molar-refractivity contribution is -0.134. The maximum atomic E-state index is 12.7. The number of carbonyl (C=O) groups excluding carboxylic acids is 1. The molecule has 2 heterocycles. The molecule has 1 aliphatic carbocycles. The number of nitrogens with zero attached hydrogens (tertiary/aromatic N) is 1. The predicted molar refractivity (Wildman–Crippen MR) is 73.9 cm³/mol. The summed E-state index contributed by atoms with van der Waals surface area (Å²) in [5.41, 5.74) is 2.66. The molecule has 0 radical (unpaired) electrons. The van der Waals surface area contributed by atoms with Crippen LogP contribution in [0.5, 0.6) is 0 Å². The summed E-state index contributed by atoms with van der Waals surface area (Å²) in [5.74, 6) is 0.364. The number of fused-ring (bicyclic) bond motifs is 1. The largest absolute Gasteiger partial charge is 0.337 e. The van der Waals surface area contributed by atoms with Gasteiger partial charge in [-0.3, -0.25) is 4.79 Å². The molecular formula is C16H20N2O. The van der Waals surface area contributed by atoms with E-state index in [-0.39, 0.29) is 5.54 Å². The number of carbonyl (C=O) groups is 1. The van der Waals surface area contributed by atoms with E-state index in [0.29, 0.717) is 11.9 Å². The van der Waals surface area contributed by atoms with Crippen LogP contribution in [0, 0.1) is 0 Å². The molecule has 1 N–H and O–H groups in total. The summed E-state index contributed by atoms with van der Waals surface area (Å²) >= 11 is 0. The first-order valence-electron chi connectivity index (χ1n) is 7.41. The zero-order valence-electron chi connectivity index (χ0n) is 11.2. The molecular weight excluding hydrogens is 236 g/mol. The van der Waals surface area contributed by atoms with Crippen molar-refractivity contribution in [3.63, 3.8) is 0 Å². The van der Waals surface area contributed by atoms with Gasteiger partial charge in [0.2, 0.25) is 5.91 Å². The van der Waals surface area contributed by atoms with E-state index in [0.717, 1.165) is 45.2 Å². The molecule has 3 aliphatic rings. The van der Waals surface area contributed by atoms with Crippen LogP contribution in [0.1, 0.15) is 30.4 Å². The van der Waals surface area contributed by atoms with Crippen molar-refractivity contribution in [2.45, 2.75) is 43.7 Å². The van der Waals surface area contributed by atoms with Crippen molar-refractivity contribution >= 4 is 5.91 Å². The zero-order chi connectivity index (χ0) is 12.9. The van der Waals surface area contributed by atoms with Gasteiger partial charge in [0, 0.05) is 12.6 Å². The number of likely N-dealkylation sites (tertiary alicyclic amines) is 1. The maximum absolute atomic E-state index is 12.7. The van der Waals surface area contributed by atoms with Crippen LogP contribution >= 0.6 is 0 Å². The van der Waals surface area contributed by atoms with E-state index < -0.39 is 0 Å². The van der Waals surface area contributed by atoms with Crippen molar-refractivity contribution in [1.29, 1.82) is 0 Å². The quantitative estimate of drug-likeness (QED) is 0.826. The normalized spacial score (nSPS) is 30.5. The fourth-order valence-corrected chi connectivity index (χ4v) is 4.10. The molecule has 1 atom stereocenters. The second kappa shape index (κ2) is 4.07. The fraction of sp³-hybridized carbons (Fsp3) is 0.562. The minimum absolute atomic E-state index is 0.200. The van der Waals surface area contributed by atoms with Crippen LogP contribution < -0.4 is 5.32 Å². The molecule has 2 aliphatic heterocycles. The molecule has 0 bridgehead atoms. The molecule has 0 unspecified atom stereocenters. The highest BCUT2D eigenvalue weighted by atomic mass is 16.2. The molecule has 1 spiro atoms. The van der Waals surface area contributed by atoms with Gasteiger partial charge in [0.15, 0.2) is 0 Å². The average molecular weight is 256 g/mol. The van der Waals surface area contributed by atoms with Crippen LogP contribution in [0.2, 0.25) is 0 Å². The summed E-state index contributed by atoms with van der Waals surface area (Å²) < 4.78 is 0.